The second-order valence-electron chi connectivity index (χ2n) is 12.2. The summed E-state index contributed by atoms with van der Waals surface area (Å²) in [6.45, 7) is 11.5. The minimum atomic E-state index is -0.114. The first kappa shape index (κ1) is 22.4. The lowest BCUT2D eigenvalue weighted by Crippen LogP contribution is -2.50. The molecule has 0 bridgehead atoms. The standard InChI is InChI=1S/C28H46O2/c1-19(2)8-6-7-9-21-11-13-25-24-12-10-22-18-23(30-20(3)29)14-16-28(22,5)26(24)15-17-27(21,25)4/h10,19,21,23-26H,6-9,11-18H2,1-5H3/t21-,23+,24-,25+,26-,27-,28+/m1/s1. The molecule has 7 atom stereocenters. The van der Waals surface area contributed by atoms with Gasteiger partial charge in [0.2, 0.25) is 0 Å². The fraction of sp³-hybridized carbons (Fsp3) is 0.893. The van der Waals surface area contributed by atoms with Crippen LogP contribution in [0.15, 0.2) is 11.6 Å². The molecule has 0 N–H and O–H groups in total. The van der Waals surface area contributed by atoms with Gasteiger partial charge in [-0.3, -0.25) is 4.79 Å². The zero-order chi connectivity index (χ0) is 21.5. The molecule has 30 heavy (non-hydrogen) atoms. The summed E-state index contributed by atoms with van der Waals surface area (Å²) in [5.74, 6) is 4.39. The highest BCUT2D eigenvalue weighted by atomic mass is 16.5. The largest absolute Gasteiger partial charge is 0.462 e. The second kappa shape index (κ2) is 8.62. The van der Waals surface area contributed by atoms with Crippen LogP contribution in [0.2, 0.25) is 0 Å². The summed E-state index contributed by atoms with van der Waals surface area (Å²) in [6.07, 6.45) is 18.8. The summed E-state index contributed by atoms with van der Waals surface area (Å²) >= 11 is 0. The van der Waals surface area contributed by atoms with E-state index in [-0.39, 0.29) is 12.1 Å². The SMILES string of the molecule is CC(=O)O[C@H]1CC[C@@]2(C)C(=CC[C@H]3[C@H]2CC[C@]2(C)[C@H](CCCCC(C)C)CC[C@@H]32)C1. The van der Waals surface area contributed by atoms with Crippen LogP contribution in [0.5, 0.6) is 0 Å². The van der Waals surface area contributed by atoms with Gasteiger partial charge in [-0.15, -0.1) is 0 Å². The molecule has 3 fully saturated rings. The minimum absolute atomic E-state index is 0.114. The van der Waals surface area contributed by atoms with Gasteiger partial charge < -0.3 is 4.74 Å². The van der Waals surface area contributed by atoms with Crippen LogP contribution in [0.25, 0.3) is 0 Å². The summed E-state index contributed by atoms with van der Waals surface area (Å²) in [4.78, 5) is 11.5. The monoisotopic (exact) mass is 414 g/mol. The van der Waals surface area contributed by atoms with Gasteiger partial charge >= 0.3 is 5.97 Å². The Morgan fingerprint density at radius 3 is 2.63 bits per heavy atom. The van der Waals surface area contributed by atoms with Gasteiger partial charge in [0.05, 0.1) is 0 Å². The fourth-order valence-corrected chi connectivity index (χ4v) is 8.49. The third-order valence-corrected chi connectivity index (χ3v) is 10.2. The lowest BCUT2D eigenvalue weighted by molar-refractivity contribution is -0.148. The number of ether oxygens (including phenoxy) is 1. The van der Waals surface area contributed by atoms with E-state index in [0.717, 1.165) is 42.4 Å². The Hall–Kier alpha value is -0.790. The van der Waals surface area contributed by atoms with E-state index in [1.165, 1.54) is 64.2 Å². The summed E-state index contributed by atoms with van der Waals surface area (Å²) < 4.78 is 5.60. The molecule has 0 aromatic carbocycles. The molecule has 0 heterocycles. The average molecular weight is 415 g/mol. The molecule has 4 rings (SSSR count). The molecule has 0 amide bonds. The predicted octanol–water partition coefficient (Wildman–Crippen LogP) is 7.71. The van der Waals surface area contributed by atoms with Crippen LogP contribution < -0.4 is 0 Å². The van der Waals surface area contributed by atoms with Crippen molar-refractivity contribution in [3.05, 3.63) is 11.6 Å². The van der Waals surface area contributed by atoms with Gasteiger partial charge in [-0.1, -0.05) is 58.6 Å². The maximum absolute atomic E-state index is 11.5. The summed E-state index contributed by atoms with van der Waals surface area (Å²) in [7, 11) is 0. The number of esters is 1. The summed E-state index contributed by atoms with van der Waals surface area (Å²) in [6, 6.07) is 0. The van der Waals surface area contributed by atoms with Crippen LogP contribution in [0, 0.1) is 40.4 Å². The van der Waals surface area contributed by atoms with Gasteiger partial charge in [-0.25, -0.2) is 0 Å². The van der Waals surface area contributed by atoms with E-state index >= 15 is 0 Å². The van der Waals surface area contributed by atoms with Gasteiger partial charge in [0.25, 0.3) is 0 Å². The number of hydrogen-bond acceptors (Lipinski definition) is 2. The van der Waals surface area contributed by atoms with Crippen LogP contribution in [-0.4, -0.2) is 12.1 Å². The first-order valence-electron chi connectivity index (χ1n) is 13.1. The van der Waals surface area contributed by atoms with Gasteiger partial charge in [0.1, 0.15) is 6.10 Å². The van der Waals surface area contributed by atoms with E-state index in [2.05, 4.69) is 33.8 Å². The Bertz CT molecular complexity index is 664. The third kappa shape index (κ3) is 4.02. The predicted molar refractivity (Wildman–Crippen MR) is 124 cm³/mol. The maximum atomic E-state index is 11.5. The Kier molecular flexibility index (Phi) is 6.44. The lowest BCUT2D eigenvalue weighted by Gasteiger charge is -2.58. The van der Waals surface area contributed by atoms with Crippen LogP contribution in [-0.2, 0) is 9.53 Å². The van der Waals surface area contributed by atoms with Crippen LogP contribution in [0.4, 0.5) is 0 Å². The Balaban J connectivity index is 1.44. The van der Waals surface area contributed by atoms with E-state index < -0.39 is 0 Å². The molecule has 4 aliphatic rings. The van der Waals surface area contributed by atoms with E-state index in [1.54, 1.807) is 12.5 Å². The zero-order valence-electron chi connectivity index (χ0n) is 20.3. The highest BCUT2D eigenvalue weighted by molar-refractivity contribution is 5.66. The molecule has 0 aromatic heterocycles. The van der Waals surface area contributed by atoms with Crippen LogP contribution in [0.1, 0.15) is 112 Å². The third-order valence-electron chi connectivity index (χ3n) is 10.2. The van der Waals surface area contributed by atoms with Gasteiger partial charge in [0, 0.05) is 13.3 Å². The number of allylic oxidation sites excluding steroid dienone is 1. The molecule has 4 aliphatic carbocycles. The van der Waals surface area contributed by atoms with Gasteiger partial charge in [-0.05, 0) is 91.8 Å². The number of carbonyl (C=O) groups is 1. The average Bonchev–Trinajstić information content (AvgIpc) is 3.01. The van der Waals surface area contributed by atoms with Gasteiger partial charge in [-0.2, -0.15) is 0 Å². The molecule has 2 nitrogen and oxygen atoms in total. The van der Waals surface area contributed by atoms with Crippen molar-refractivity contribution in [2.24, 2.45) is 40.4 Å². The molecule has 0 saturated heterocycles. The van der Waals surface area contributed by atoms with E-state index in [1.807, 2.05) is 0 Å². The quantitative estimate of drug-likeness (QED) is 0.253. The molecular weight excluding hydrogens is 368 g/mol. The van der Waals surface area contributed by atoms with Crippen LogP contribution in [0.3, 0.4) is 0 Å². The summed E-state index contributed by atoms with van der Waals surface area (Å²) in [5.41, 5.74) is 2.57. The van der Waals surface area contributed by atoms with Crippen molar-refractivity contribution in [1.29, 1.82) is 0 Å². The van der Waals surface area contributed by atoms with Crippen molar-refractivity contribution >= 4 is 5.97 Å². The number of unbranched alkanes of at least 4 members (excludes halogenated alkanes) is 1. The van der Waals surface area contributed by atoms with E-state index in [0.29, 0.717) is 10.8 Å². The number of carbonyl (C=O) groups excluding carboxylic acids is 1. The Morgan fingerprint density at radius 2 is 1.90 bits per heavy atom. The van der Waals surface area contributed by atoms with Crippen LogP contribution >= 0.6 is 0 Å². The molecule has 0 aliphatic heterocycles. The van der Waals surface area contributed by atoms with Crippen molar-refractivity contribution in [3.8, 4) is 0 Å². The second-order valence-corrected chi connectivity index (χ2v) is 12.2. The molecular formula is C28H46O2. The molecule has 0 spiro atoms. The van der Waals surface area contributed by atoms with Crippen molar-refractivity contribution in [2.45, 2.75) is 118 Å². The number of rotatable bonds is 6. The van der Waals surface area contributed by atoms with Crippen molar-refractivity contribution in [2.75, 3.05) is 0 Å². The molecule has 0 aromatic rings. The fourth-order valence-electron chi connectivity index (χ4n) is 8.49. The molecule has 0 unspecified atom stereocenters. The highest BCUT2D eigenvalue weighted by Crippen LogP contribution is 2.66. The van der Waals surface area contributed by atoms with Crippen molar-refractivity contribution in [1.82, 2.24) is 0 Å². The normalized spacial score (nSPS) is 42.9. The van der Waals surface area contributed by atoms with E-state index in [4.69, 9.17) is 4.74 Å². The first-order chi connectivity index (χ1) is 14.2. The lowest BCUT2D eigenvalue weighted by atomic mass is 9.47. The van der Waals surface area contributed by atoms with E-state index in [9.17, 15) is 4.79 Å². The highest BCUT2D eigenvalue weighted by Gasteiger charge is 2.58. The Labute approximate surface area is 185 Å². The molecule has 2 heteroatoms. The number of hydrogen-bond donors (Lipinski definition) is 0. The van der Waals surface area contributed by atoms with Crippen molar-refractivity contribution < 1.29 is 9.53 Å². The Morgan fingerprint density at radius 1 is 1.10 bits per heavy atom. The first-order valence-corrected chi connectivity index (χ1v) is 13.1. The minimum Gasteiger partial charge on any atom is -0.462 e. The number of fused-ring (bicyclic) bond motifs is 5. The van der Waals surface area contributed by atoms with Gasteiger partial charge in [0.15, 0.2) is 0 Å². The smallest absolute Gasteiger partial charge is 0.302 e. The molecule has 0 radical (unpaired) electrons. The zero-order valence-corrected chi connectivity index (χ0v) is 20.3. The maximum Gasteiger partial charge on any atom is 0.302 e. The van der Waals surface area contributed by atoms with Crippen molar-refractivity contribution in [3.63, 3.8) is 0 Å². The summed E-state index contributed by atoms with van der Waals surface area (Å²) in [5, 5.41) is 0. The molecule has 3 saturated carbocycles. The molecule has 170 valence electrons. The topological polar surface area (TPSA) is 26.3 Å².